The average molecular weight is 271 g/mol. The molecular formula is C12H21N3O2S. The lowest BCUT2D eigenvalue weighted by Crippen LogP contribution is -2.21. The van der Waals surface area contributed by atoms with Gasteiger partial charge in [0.15, 0.2) is 0 Å². The highest BCUT2D eigenvalue weighted by molar-refractivity contribution is 7.89. The van der Waals surface area contributed by atoms with E-state index in [0.29, 0.717) is 10.9 Å². The molecule has 1 saturated carbocycles. The van der Waals surface area contributed by atoms with Gasteiger partial charge in [0.1, 0.15) is 4.90 Å². The number of nitrogens with one attached hydrogen (secondary N) is 1. The van der Waals surface area contributed by atoms with E-state index in [4.69, 9.17) is 0 Å². The average Bonchev–Trinajstić information content (AvgIpc) is 3.04. The molecule has 0 atom stereocenters. The van der Waals surface area contributed by atoms with Gasteiger partial charge in [-0.25, -0.2) is 12.7 Å². The van der Waals surface area contributed by atoms with Crippen LogP contribution in [-0.2, 0) is 23.1 Å². The van der Waals surface area contributed by atoms with Crippen molar-refractivity contribution in [3.05, 3.63) is 18.0 Å². The van der Waals surface area contributed by atoms with Gasteiger partial charge in [-0.15, -0.1) is 0 Å². The molecule has 0 unspecified atom stereocenters. The molecule has 0 bridgehead atoms. The molecule has 5 nitrogen and oxygen atoms in total. The minimum Gasteiger partial charge on any atom is -0.349 e. The van der Waals surface area contributed by atoms with Crippen LogP contribution in [0.1, 0.15) is 25.5 Å². The summed E-state index contributed by atoms with van der Waals surface area (Å²) in [6.45, 7) is 3.54. The maximum atomic E-state index is 12.1. The van der Waals surface area contributed by atoms with Crippen LogP contribution in [0.3, 0.4) is 0 Å². The highest BCUT2D eigenvalue weighted by atomic mass is 32.2. The molecule has 0 aromatic carbocycles. The van der Waals surface area contributed by atoms with Gasteiger partial charge in [0, 0.05) is 45.1 Å². The van der Waals surface area contributed by atoms with Crippen molar-refractivity contribution < 1.29 is 8.42 Å². The number of aromatic nitrogens is 1. The summed E-state index contributed by atoms with van der Waals surface area (Å²) in [6.07, 6.45) is 4.19. The Balaban J connectivity index is 2.22. The summed E-state index contributed by atoms with van der Waals surface area (Å²) in [5, 5.41) is 3.41. The third-order valence-corrected chi connectivity index (χ3v) is 5.01. The Morgan fingerprint density at radius 3 is 2.61 bits per heavy atom. The van der Waals surface area contributed by atoms with Crippen LogP contribution in [0, 0.1) is 0 Å². The first-order valence-electron chi connectivity index (χ1n) is 6.30. The van der Waals surface area contributed by atoms with E-state index in [1.165, 1.54) is 17.1 Å². The molecule has 1 N–H and O–H groups in total. The van der Waals surface area contributed by atoms with E-state index in [1.807, 2.05) is 11.5 Å². The first kappa shape index (κ1) is 13.6. The zero-order valence-corrected chi connectivity index (χ0v) is 12.0. The molecule has 1 aliphatic carbocycles. The van der Waals surface area contributed by atoms with Gasteiger partial charge >= 0.3 is 0 Å². The second kappa shape index (κ2) is 5.03. The van der Waals surface area contributed by atoms with Gasteiger partial charge in [0.2, 0.25) is 10.0 Å². The van der Waals surface area contributed by atoms with Crippen LogP contribution in [0.25, 0.3) is 0 Å². The molecule has 0 radical (unpaired) electrons. The van der Waals surface area contributed by atoms with Crippen molar-refractivity contribution >= 4 is 10.0 Å². The number of aryl methyl sites for hydroxylation is 1. The minimum atomic E-state index is -3.33. The first-order chi connectivity index (χ1) is 8.45. The van der Waals surface area contributed by atoms with Gasteiger partial charge < -0.3 is 9.88 Å². The zero-order chi connectivity index (χ0) is 13.3. The fourth-order valence-corrected chi connectivity index (χ4v) is 2.82. The number of hydrogen-bond donors (Lipinski definition) is 1. The summed E-state index contributed by atoms with van der Waals surface area (Å²) < 4.78 is 27.4. The molecule has 18 heavy (non-hydrogen) atoms. The Hall–Kier alpha value is -0.850. The summed E-state index contributed by atoms with van der Waals surface area (Å²) in [5.41, 5.74) is 1.03. The van der Waals surface area contributed by atoms with Crippen LogP contribution in [-0.4, -0.2) is 37.4 Å². The quantitative estimate of drug-likeness (QED) is 0.840. The molecule has 102 valence electrons. The topological polar surface area (TPSA) is 54.3 Å². The lowest BCUT2D eigenvalue weighted by Gasteiger charge is -2.08. The normalized spacial score (nSPS) is 16.4. The molecule has 1 heterocycles. The van der Waals surface area contributed by atoms with Crippen molar-refractivity contribution in [1.29, 1.82) is 0 Å². The smallest absolute Gasteiger partial charge is 0.244 e. The lowest BCUT2D eigenvalue weighted by atomic mass is 10.4. The third kappa shape index (κ3) is 2.76. The predicted molar refractivity (Wildman–Crippen MR) is 70.8 cm³/mol. The van der Waals surface area contributed by atoms with Crippen molar-refractivity contribution in [2.45, 2.75) is 43.8 Å². The largest absolute Gasteiger partial charge is 0.349 e. The zero-order valence-electron chi connectivity index (χ0n) is 11.2. The minimum absolute atomic E-state index is 0.377. The SMILES string of the molecule is CCn1cc(S(=O)(=O)N(C)C)cc1CNC1CC1. The predicted octanol–water partition coefficient (Wildman–Crippen LogP) is 1.01. The molecule has 0 spiro atoms. The van der Waals surface area contributed by atoms with Crippen molar-refractivity contribution in [2.24, 2.45) is 0 Å². The molecule has 6 heteroatoms. The number of nitrogens with zero attached hydrogens (tertiary/aromatic N) is 2. The summed E-state index contributed by atoms with van der Waals surface area (Å²) in [7, 11) is -0.214. The monoisotopic (exact) mass is 271 g/mol. The molecule has 0 amide bonds. The Kier molecular flexibility index (Phi) is 3.79. The summed E-state index contributed by atoms with van der Waals surface area (Å²) in [5.74, 6) is 0. The molecular weight excluding hydrogens is 250 g/mol. The molecule has 1 fully saturated rings. The molecule has 0 saturated heterocycles. The first-order valence-corrected chi connectivity index (χ1v) is 7.74. The van der Waals surface area contributed by atoms with E-state index in [-0.39, 0.29) is 0 Å². The highest BCUT2D eigenvalue weighted by Crippen LogP contribution is 2.21. The van der Waals surface area contributed by atoms with E-state index in [2.05, 4.69) is 5.32 Å². The lowest BCUT2D eigenvalue weighted by molar-refractivity contribution is 0.520. The molecule has 1 aromatic rings. The van der Waals surface area contributed by atoms with E-state index in [9.17, 15) is 8.42 Å². The van der Waals surface area contributed by atoms with Gasteiger partial charge in [-0.1, -0.05) is 0 Å². The van der Waals surface area contributed by atoms with Crippen molar-refractivity contribution in [2.75, 3.05) is 14.1 Å². The Bertz CT molecular complexity index is 515. The standard InChI is InChI=1S/C12H21N3O2S/c1-4-15-9-12(18(16,17)14(2)3)7-11(15)8-13-10-5-6-10/h7,9-10,13H,4-6,8H2,1-3H3. The van der Waals surface area contributed by atoms with Gasteiger partial charge in [0.25, 0.3) is 0 Å². The van der Waals surface area contributed by atoms with E-state index >= 15 is 0 Å². The molecule has 1 aromatic heterocycles. The van der Waals surface area contributed by atoms with E-state index in [1.54, 1.807) is 26.4 Å². The number of sulfonamides is 1. The number of hydrogen-bond acceptors (Lipinski definition) is 3. The Labute approximate surface area is 109 Å². The maximum absolute atomic E-state index is 12.1. The fraction of sp³-hybridized carbons (Fsp3) is 0.667. The van der Waals surface area contributed by atoms with Gasteiger partial charge in [-0.05, 0) is 25.8 Å². The van der Waals surface area contributed by atoms with Crippen LogP contribution in [0.15, 0.2) is 17.2 Å². The maximum Gasteiger partial charge on any atom is 0.244 e. The summed E-state index contributed by atoms with van der Waals surface area (Å²) in [4.78, 5) is 0.377. The van der Waals surface area contributed by atoms with E-state index < -0.39 is 10.0 Å². The van der Waals surface area contributed by atoms with E-state index in [0.717, 1.165) is 18.8 Å². The number of rotatable bonds is 6. The fourth-order valence-electron chi connectivity index (χ4n) is 1.86. The van der Waals surface area contributed by atoms with Crippen LogP contribution in [0.4, 0.5) is 0 Å². The summed E-state index contributed by atoms with van der Waals surface area (Å²) >= 11 is 0. The third-order valence-electron chi connectivity index (χ3n) is 3.23. The van der Waals surface area contributed by atoms with Crippen LogP contribution in [0.2, 0.25) is 0 Å². The van der Waals surface area contributed by atoms with Gasteiger partial charge in [-0.2, -0.15) is 0 Å². The summed E-state index contributed by atoms with van der Waals surface area (Å²) in [6, 6.07) is 2.40. The highest BCUT2D eigenvalue weighted by Gasteiger charge is 2.23. The second-order valence-corrected chi connectivity index (χ2v) is 7.05. The van der Waals surface area contributed by atoms with Crippen LogP contribution >= 0.6 is 0 Å². The van der Waals surface area contributed by atoms with Crippen LogP contribution in [0.5, 0.6) is 0 Å². The Morgan fingerprint density at radius 2 is 2.11 bits per heavy atom. The van der Waals surface area contributed by atoms with Crippen molar-refractivity contribution in [1.82, 2.24) is 14.2 Å². The van der Waals surface area contributed by atoms with Crippen molar-refractivity contribution in [3.63, 3.8) is 0 Å². The van der Waals surface area contributed by atoms with Gasteiger partial charge in [-0.3, -0.25) is 0 Å². The molecule has 1 aliphatic rings. The molecule has 2 rings (SSSR count). The molecule has 0 aliphatic heterocycles. The van der Waals surface area contributed by atoms with Crippen LogP contribution < -0.4 is 5.32 Å². The Morgan fingerprint density at radius 1 is 1.44 bits per heavy atom. The second-order valence-electron chi connectivity index (χ2n) is 4.90. The van der Waals surface area contributed by atoms with Gasteiger partial charge in [0.05, 0.1) is 0 Å². The van der Waals surface area contributed by atoms with Crippen molar-refractivity contribution in [3.8, 4) is 0 Å².